The highest BCUT2D eigenvalue weighted by Crippen LogP contribution is 2.39. The lowest BCUT2D eigenvalue weighted by Gasteiger charge is -2.14. The van der Waals surface area contributed by atoms with Gasteiger partial charge in [0.05, 0.1) is 11.1 Å². The predicted octanol–water partition coefficient (Wildman–Crippen LogP) is 4.69. The second-order valence-corrected chi connectivity index (χ2v) is 6.69. The van der Waals surface area contributed by atoms with Crippen LogP contribution in [0, 0.1) is 0 Å². The maximum atomic E-state index is 13.0. The largest absolute Gasteiger partial charge is 0.451 e. The van der Waals surface area contributed by atoms with Crippen molar-refractivity contribution in [3.8, 4) is 11.3 Å². The Balaban J connectivity index is 2.04. The van der Waals surface area contributed by atoms with Crippen LogP contribution < -0.4 is 0 Å². The van der Waals surface area contributed by atoms with E-state index in [1.54, 1.807) is 48.5 Å². The number of rotatable bonds is 2. The minimum atomic E-state index is -0.389. The Morgan fingerprint density at radius 1 is 0.880 bits per heavy atom. The van der Waals surface area contributed by atoms with Crippen molar-refractivity contribution < 1.29 is 18.8 Å². The number of furan rings is 1. The lowest BCUT2D eigenvalue weighted by atomic mass is 9.83. The number of carbonyl (C=O) groups excluding carboxylic acids is 3. The molecule has 2 aromatic carbocycles. The van der Waals surface area contributed by atoms with Gasteiger partial charge in [0.15, 0.2) is 23.1 Å². The average Bonchev–Trinajstić information content (AvgIpc) is 3.01. The first-order chi connectivity index (χ1) is 12.0. The zero-order valence-electron chi connectivity index (χ0n) is 13.1. The van der Waals surface area contributed by atoms with Crippen LogP contribution in [0.1, 0.15) is 49.3 Å². The van der Waals surface area contributed by atoms with Crippen LogP contribution in [0.25, 0.3) is 11.3 Å². The van der Waals surface area contributed by atoms with E-state index in [-0.39, 0.29) is 40.0 Å². The van der Waals surface area contributed by atoms with Crippen LogP contribution in [0.3, 0.4) is 0 Å². The van der Waals surface area contributed by atoms with Crippen LogP contribution >= 0.6 is 15.9 Å². The van der Waals surface area contributed by atoms with Gasteiger partial charge in [0.2, 0.25) is 0 Å². The topological polar surface area (TPSA) is 64.3 Å². The number of benzene rings is 2. The van der Waals surface area contributed by atoms with Crippen LogP contribution in [0.2, 0.25) is 0 Å². The third kappa shape index (κ3) is 2.31. The summed E-state index contributed by atoms with van der Waals surface area (Å²) in [5.41, 5.74) is 1.48. The molecule has 4 rings (SSSR count). The molecule has 4 nitrogen and oxygen atoms in total. The van der Waals surface area contributed by atoms with Crippen LogP contribution in [0.15, 0.2) is 57.4 Å². The van der Waals surface area contributed by atoms with E-state index < -0.39 is 0 Å². The van der Waals surface area contributed by atoms with E-state index in [9.17, 15) is 14.4 Å². The molecule has 0 fully saturated rings. The van der Waals surface area contributed by atoms with Crippen molar-refractivity contribution in [2.75, 3.05) is 0 Å². The van der Waals surface area contributed by atoms with E-state index in [2.05, 4.69) is 15.9 Å². The smallest absolute Gasteiger partial charge is 0.198 e. The highest BCUT2D eigenvalue weighted by Gasteiger charge is 2.38. The molecule has 5 heteroatoms. The number of ketones is 3. The van der Waals surface area contributed by atoms with E-state index in [4.69, 9.17) is 4.42 Å². The summed E-state index contributed by atoms with van der Waals surface area (Å²) in [6.07, 6.45) is 0. The third-order valence-electron chi connectivity index (χ3n) is 4.20. The predicted molar refractivity (Wildman–Crippen MR) is 95.2 cm³/mol. The van der Waals surface area contributed by atoms with Crippen LogP contribution in [0.4, 0.5) is 0 Å². The molecule has 122 valence electrons. The van der Waals surface area contributed by atoms with Crippen molar-refractivity contribution in [1.29, 1.82) is 0 Å². The Morgan fingerprint density at radius 2 is 1.44 bits per heavy atom. The number of carbonyl (C=O) groups is 3. The first-order valence-corrected chi connectivity index (χ1v) is 8.40. The first kappa shape index (κ1) is 15.7. The highest BCUT2D eigenvalue weighted by atomic mass is 79.9. The molecule has 0 aliphatic heterocycles. The first-order valence-electron chi connectivity index (χ1n) is 7.61. The molecule has 0 radical (unpaired) electrons. The minimum absolute atomic E-state index is 0.0640. The molecule has 25 heavy (non-hydrogen) atoms. The van der Waals surface area contributed by atoms with Gasteiger partial charge in [0.25, 0.3) is 0 Å². The van der Waals surface area contributed by atoms with Gasteiger partial charge in [0.1, 0.15) is 5.76 Å². The third-order valence-corrected chi connectivity index (χ3v) is 4.73. The van der Waals surface area contributed by atoms with Gasteiger partial charge in [-0.05, 0) is 12.1 Å². The molecule has 1 aliphatic rings. The fraction of sp³-hybridized carbons (Fsp3) is 0.0500. The van der Waals surface area contributed by atoms with E-state index >= 15 is 0 Å². The molecule has 0 atom stereocenters. The monoisotopic (exact) mass is 394 g/mol. The molecule has 0 amide bonds. The van der Waals surface area contributed by atoms with Gasteiger partial charge in [-0.3, -0.25) is 14.4 Å². The average molecular weight is 395 g/mol. The maximum absolute atomic E-state index is 13.0. The Bertz CT molecular complexity index is 1060. The molecule has 0 bridgehead atoms. The highest BCUT2D eigenvalue weighted by molar-refractivity contribution is 9.10. The molecule has 0 saturated heterocycles. The minimum Gasteiger partial charge on any atom is -0.451 e. The van der Waals surface area contributed by atoms with Gasteiger partial charge in [-0.1, -0.05) is 52.3 Å². The molecule has 0 unspecified atom stereocenters. The standard InChI is InChI=1S/C20H11BrO4/c1-10(22)19-15-16(20(25-19)11-6-8-12(21)9-7-11)18(24)14-5-3-2-4-13(14)17(15)23/h2-9H,1H3. The van der Waals surface area contributed by atoms with Crippen molar-refractivity contribution in [2.24, 2.45) is 0 Å². The van der Waals surface area contributed by atoms with Crippen molar-refractivity contribution in [1.82, 2.24) is 0 Å². The lowest BCUT2D eigenvalue weighted by molar-refractivity contribution is 0.0960. The van der Waals surface area contributed by atoms with E-state index in [1.807, 2.05) is 0 Å². The van der Waals surface area contributed by atoms with Gasteiger partial charge in [-0.25, -0.2) is 0 Å². The quantitative estimate of drug-likeness (QED) is 0.462. The Hall–Kier alpha value is -2.79. The Kier molecular flexibility index (Phi) is 3.54. The SMILES string of the molecule is CC(=O)c1oc(-c2ccc(Br)cc2)c2c1C(=O)c1ccccc1C2=O. The number of fused-ring (bicyclic) bond motifs is 2. The maximum Gasteiger partial charge on any atom is 0.198 e. The second-order valence-electron chi connectivity index (χ2n) is 5.78. The summed E-state index contributed by atoms with van der Waals surface area (Å²) in [4.78, 5) is 37.9. The molecule has 1 aliphatic carbocycles. The summed E-state index contributed by atoms with van der Waals surface area (Å²) in [7, 11) is 0. The van der Waals surface area contributed by atoms with Crippen molar-refractivity contribution in [3.05, 3.63) is 81.0 Å². The van der Waals surface area contributed by atoms with Gasteiger partial charge >= 0.3 is 0 Å². The Morgan fingerprint density at radius 3 is 2.00 bits per heavy atom. The fourth-order valence-electron chi connectivity index (χ4n) is 3.07. The van der Waals surface area contributed by atoms with E-state index in [0.29, 0.717) is 16.7 Å². The Labute approximate surface area is 151 Å². The molecule has 0 spiro atoms. The summed E-state index contributed by atoms with van der Waals surface area (Å²) < 4.78 is 6.59. The molecular formula is C20H11BrO4. The van der Waals surface area contributed by atoms with Crippen molar-refractivity contribution in [2.45, 2.75) is 6.92 Å². The molecule has 1 heterocycles. The van der Waals surface area contributed by atoms with Gasteiger partial charge in [-0.2, -0.15) is 0 Å². The molecule has 0 saturated carbocycles. The van der Waals surface area contributed by atoms with Crippen molar-refractivity contribution in [3.63, 3.8) is 0 Å². The number of halogens is 1. The molecular weight excluding hydrogens is 384 g/mol. The van der Waals surface area contributed by atoms with Crippen molar-refractivity contribution >= 4 is 33.3 Å². The van der Waals surface area contributed by atoms with Gasteiger partial charge < -0.3 is 4.42 Å². The number of Topliss-reactive ketones (excluding diaryl/α,β-unsaturated/α-hetero) is 1. The zero-order valence-corrected chi connectivity index (χ0v) is 14.7. The number of hydrogen-bond acceptors (Lipinski definition) is 4. The van der Waals surface area contributed by atoms with E-state index in [1.165, 1.54) is 6.92 Å². The molecule has 0 N–H and O–H groups in total. The lowest BCUT2D eigenvalue weighted by Crippen LogP contribution is -2.21. The summed E-state index contributed by atoms with van der Waals surface area (Å²) in [5, 5.41) is 0. The molecule has 1 aromatic heterocycles. The summed E-state index contributed by atoms with van der Waals surface area (Å²) in [6, 6.07) is 13.8. The summed E-state index contributed by atoms with van der Waals surface area (Å²) in [6.45, 7) is 1.32. The fourth-order valence-corrected chi connectivity index (χ4v) is 3.33. The van der Waals surface area contributed by atoms with Gasteiger partial charge in [-0.15, -0.1) is 0 Å². The van der Waals surface area contributed by atoms with Gasteiger partial charge in [0, 0.05) is 28.1 Å². The summed E-state index contributed by atoms with van der Waals surface area (Å²) >= 11 is 3.36. The zero-order chi connectivity index (χ0) is 17.7. The second kappa shape index (κ2) is 5.63. The van der Waals surface area contributed by atoms with E-state index in [0.717, 1.165) is 4.47 Å². The number of hydrogen-bond donors (Lipinski definition) is 0. The van der Waals surface area contributed by atoms with Crippen LogP contribution in [0.5, 0.6) is 0 Å². The van der Waals surface area contributed by atoms with Crippen LogP contribution in [-0.4, -0.2) is 17.3 Å². The normalized spacial score (nSPS) is 12.7. The summed E-state index contributed by atoms with van der Waals surface area (Å²) in [5.74, 6) is -0.872. The molecule has 3 aromatic rings. The van der Waals surface area contributed by atoms with Crippen LogP contribution in [-0.2, 0) is 0 Å².